The molecule has 0 amide bonds. The molecule has 0 spiro atoms. The quantitative estimate of drug-likeness (QED) is 0.488. The predicted molar refractivity (Wildman–Crippen MR) is 125 cm³/mol. The molecule has 170 valence electrons. The van der Waals surface area contributed by atoms with Crippen molar-refractivity contribution in [3.8, 4) is 16.9 Å². The molecule has 1 N–H and O–H groups in total. The lowest BCUT2D eigenvalue weighted by Gasteiger charge is -2.21. The molecule has 4 nitrogen and oxygen atoms in total. The highest BCUT2D eigenvalue weighted by Crippen LogP contribution is 2.48. The minimum Gasteiger partial charge on any atom is -0.489 e. The molecule has 1 aromatic heterocycles. The van der Waals surface area contributed by atoms with Gasteiger partial charge in [0, 0.05) is 24.7 Å². The number of rotatable bonds is 7. The van der Waals surface area contributed by atoms with E-state index in [1.54, 1.807) is 19.2 Å². The Morgan fingerprint density at radius 1 is 1.15 bits per heavy atom. The lowest BCUT2D eigenvalue weighted by Crippen LogP contribution is -2.20. The fourth-order valence-corrected chi connectivity index (χ4v) is 5.08. The summed E-state index contributed by atoms with van der Waals surface area (Å²) >= 11 is 0. The molecular weight excluding hydrogens is 417 g/mol. The van der Waals surface area contributed by atoms with Gasteiger partial charge in [-0.1, -0.05) is 31.2 Å². The van der Waals surface area contributed by atoms with E-state index in [0.29, 0.717) is 17.9 Å². The van der Waals surface area contributed by atoms with E-state index in [-0.39, 0.29) is 17.8 Å². The molecule has 1 aliphatic heterocycles. The number of halogens is 1. The maximum atomic E-state index is 14.9. The first-order valence-electron chi connectivity index (χ1n) is 11.6. The average molecular weight is 446 g/mol. The molecule has 33 heavy (non-hydrogen) atoms. The summed E-state index contributed by atoms with van der Waals surface area (Å²) in [6.07, 6.45) is 4.98. The summed E-state index contributed by atoms with van der Waals surface area (Å²) in [5.41, 5.74) is 5.46. The number of aryl methyl sites for hydroxylation is 1. The molecule has 2 heterocycles. The second-order valence-corrected chi connectivity index (χ2v) is 9.50. The van der Waals surface area contributed by atoms with Crippen molar-refractivity contribution in [2.75, 3.05) is 0 Å². The van der Waals surface area contributed by atoms with Gasteiger partial charge >= 0.3 is 5.97 Å². The average Bonchev–Trinajstić information content (AvgIpc) is 3.53. The zero-order valence-electron chi connectivity index (χ0n) is 18.9. The molecular formula is C28H28FNO3. The van der Waals surface area contributed by atoms with Crippen molar-refractivity contribution in [2.24, 2.45) is 11.8 Å². The fraction of sp³-hybridized carbons (Fsp3) is 0.357. The Labute approximate surface area is 193 Å². The number of hydrogen-bond donors (Lipinski definition) is 1. The third-order valence-electron chi connectivity index (χ3n) is 7.01. The van der Waals surface area contributed by atoms with Crippen LogP contribution in [0.3, 0.4) is 0 Å². The van der Waals surface area contributed by atoms with Crippen molar-refractivity contribution in [3.05, 3.63) is 82.9 Å². The number of carboxylic acid groups (broad SMARTS) is 1. The topological polar surface area (TPSA) is 59.4 Å². The number of aliphatic carboxylic acids is 1. The Morgan fingerprint density at radius 3 is 2.64 bits per heavy atom. The van der Waals surface area contributed by atoms with Crippen LogP contribution in [0, 0.1) is 24.6 Å². The number of hydrogen-bond acceptors (Lipinski definition) is 3. The highest BCUT2D eigenvalue weighted by Gasteiger charge is 2.39. The van der Waals surface area contributed by atoms with Crippen molar-refractivity contribution in [1.29, 1.82) is 0 Å². The fourth-order valence-electron chi connectivity index (χ4n) is 5.08. The van der Waals surface area contributed by atoms with Gasteiger partial charge in [-0.05, 0) is 83.7 Å². The van der Waals surface area contributed by atoms with Crippen LogP contribution in [0.2, 0.25) is 0 Å². The summed E-state index contributed by atoms with van der Waals surface area (Å²) in [6, 6.07) is 15.3. The summed E-state index contributed by atoms with van der Waals surface area (Å²) in [5.74, 6) is -0.159. The van der Waals surface area contributed by atoms with Gasteiger partial charge in [0.2, 0.25) is 0 Å². The molecule has 2 aliphatic rings. The van der Waals surface area contributed by atoms with Gasteiger partial charge in [0.1, 0.15) is 17.7 Å². The van der Waals surface area contributed by atoms with E-state index in [2.05, 4.69) is 17.1 Å². The summed E-state index contributed by atoms with van der Waals surface area (Å²) in [4.78, 5) is 15.8. The first kappa shape index (κ1) is 21.6. The van der Waals surface area contributed by atoms with Gasteiger partial charge < -0.3 is 9.84 Å². The third kappa shape index (κ3) is 4.50. The normalized spacial score (nSPS) is 18.9. The van der Waals surface area contributed by atoms with Crippen LogP contribution in [-0.4, -0.2) is 22.2 Å². The van der Waals surface area contributed by atoms with E-state index < -0.39 is 11.9 Å². The summed E-state index contributed by atoms with van der Waals surface area (Å²) in [7, 11) is 0. The number of benzene rings is 2. The summed E-state index contributed by atoms with van der Waals surface area (Å²) < 4.78 is 21.1. The molecule has 1 aliphatic carbocycles. The zero-order valence-corrected chi connectivity index (χ0v) is 18.9. The molecule has 1 fully saturated rings. The maximum Gasteiger partial charge on any atom is 0.306 e. The van der Waals surface area contributed by atoms with Crippen LogP contribution in [-0.2, 0) is 17.6 Å². The van der Waals surface area contributed by atoms with E-state index >= 15 is 0 Å². The Morgan fingerprint density at radius 2 is 1.94 bits per heavy atom. The van der Waals surface area contributed by atoms with Gasteiger partial charge in [0.25, 0.3) is 0 Å². The standard InChI is InChI=1S/C28H28FNO3/c1-16-11-20(9-10-30-16)19-5-6-21(25(29)14-19)12-24-13-22-7-8-23(15-26(22)33-24)27(18-3-4-18)17(2)28(31)32/h5-11,14-15,17-18,24,27H,3-4,12-13H2,1-2H3,(H,31,32)/t17-,24?,27-/m0/s1. The highest BCUT2D eigenvalue weighted by atomic mass is 19.1. The number of fused-ring (bicyclic) bond motifs is 1. The molecule has 1 saturated carbocycles. The van der Waals surface area contributed by atoms with Crippen LogP contribution < -0.4 is 4.74 Å². The Kier molecular flexibility index (Phi) is 5.65. The van der Waals surface area contributed by atoms with Crippen molar-refractivity contribution >= 4 is 5.97 Å². The minimum atomic E-state index is -0.757. The smallest absolute Gasteiger partial charge is 0.306 e. The van der Waals surface area contributed by atoms with Crippen LogP contribution in [0.5, 0.6) is 5.75 Å². The number of aromatic nitrogens is 1. The first-order valence-corrected chi connectivity index (χ1v) is 11.6. The van der Waals surface area contributed by atoms with E-state index in [1.165, 1.54) is 0 Å². The zero-order chi connectivity index (χ0) is 23.1. The molecule has 2 aromatic carbocycles. The van der Waals surface area contributed by atoms with Crippen LogP contribution in [0.1, 0.15) is 48.1 Å². The van der Waals surface area contributed by atoms with Crippen molar-refractivity contribution in [3.63, 3.8) is 0 Å². The molecule has 3 aromatic rings. The lowest BCUT2D eigenvalue weighted by molar-refractivity contribution is -0.142. The number of carbonyl (C=O) groups is 1. The first-order chi connectivity index (χ1) is 15.9. The van der Waals surface area contributed by atoms with Gasteiger partial charge in [-0.25, -0.2) is 4.39 Å². The van der Waals surface area contributed by atoms with Crippen molar-refractivity contribution in [2.45, 2.75) is 51.6 Å². The summed E-state index contributed by atoms with van der Waals surface area (Å²) in [5, 5.41) is 9.55. The Hall–Kier alpha value is -3.21. The minimum absolute atomic E-state index is 0.0114. The van der Waals surface area contributed by atoms with Crippen LogP contribution >= 0.6 is 0 Å². The second-order valence-electron chi connectivity index (χ2n) is 9.50. The van der Waals surface area contributed by atoms with Crippen LogP contribution in [0.15, 0.2) is 54.7 Å². The maximum absolute atomic E-state index is 14.9. The summed E-state index contributed by atoms with van der Waals surface area (Å²) in [6.45, 7) is 3.71. The highest BCUT2D eigenvalue weighted by molar-refractivity contribution is 5.71. The third-order valence-corrected chi connectivity index (χ3v) is 7.01. The second kappa shape index (κ2) is 8.62. The van der Waals surface area contributed by atoms with Crippen LogP contribution in [0.25, 0.3) is 11.1 Å². The van der Waals surface area contributed by atoms with E-state index in [9.17, 15) is 14.3 Å². The number of ether oxygens (including phenoxy) is 1. The monoisotopic (exact) mass is 445 g/mol. The SMILES string of the molecule is Cc1cc(-c2ccc(CC3Cc4ccc([C@H](C5CC5)[C@H](C)C(=O)O)cc4O3)c(F)c2)ccn1. The lowest BCUT2D eigenvalue weighted by atomic mass is 9.83. The number of pyridine rings is 1. The Balaban J connectivity index is 1.31. The predicted octanol–water partition coefficient (Wildman–Crippen LogP) is 5.96. The molecule has 0 saturated heterocycles. The molecule has 3 atom stereocenters. The molecule has 0 radical (unpaired) electrons. The van der Waals surface area contributed by atoms with Crippen LogP contribution in [0.4, 0.5) is 4.39 Å². The van der Waals surface area contributed by atoms with Crippen molar-refractivity contribution < 1.29 is 19.0 Å². The van der Waals surface area contributed by atoms with E-state index in [0.717, 1.165) is 53.0 Å². The number of nitrogens with zero attached hydrogens (tertiary/aromatic N) is 1. The molecule has 1 unspecified atom stereocenters. The largest absolute Gasteiger partial charge is 0.489 e. The van der Waals surface area contributed by atoms with Gasteiger partial charge in [-0.3, -0.25) is 9.78 Å². The molecule has 5 heteroatoms. The van der Waals surface area contributed by atoms with Gasteiger partial charge in [0.15, 0.2) is 0 Å². The van der Waals surface area contributed by atoms with E-state index in [4.69, 9.17) is 4.74 Å². The van der Waals surface area contributed by atoms with E-state index in [1.807, 2.05) is 37.3 Å². The number of carboxylic acids is 1. The van der Waals surface area contributed by atoms with Gasteiger partial charge in [0.05, 0.1) is 5.92 Å². The molecule has 5 rings (SSSR count). The Bertz CT molecular complexity index is 1200. The van der Waals surface area contributed by atoms with Gasteiger partial charge in [-0.15, -0.1) is 0 Å². The molecule has 0 bridgehead atoms. The van der Waals surface area contributed by atoms with Crippen molar-refractivity contribution in [1.82, 2.24) is 4.98 Å². The van der Waals surface area contributed by atoms with Gasteiger partial charge in [-0.2, -0.15) is 0 Å².